The first-order chi connectivity index (χ1) is 11.6. The van der Waals surface area contributed by atoms with Gasteiger partial charge in [-0.25, -0.2) is 10.2 Å². The fourth-order valence-electron chi connectivity index (χ4n) is 2.15. The highest BCUT2D eigenvalue weighted by Gasteiger charge is 2.20. The second kappa shape index (κ2) is 6.99. The lowest BCUT2D eigenvalue weighted by molar-refractivity contribution is -0.140. The molecule has 3 rings (SSSR count). The highest BCUT2D eigenvalue weighted by atomic mass is 16.6. The second-order valence-corrected chi connectivity index (χ2v) is 5.08. The third-order valence-corrected chi connectivity index (χ3v) is 3.30. The van der Waals surface area contributed by atoms with E-state index in [9.17, 15) is 14.4 Å². The lowest BCUT2D eigenvalue weighted by Crippen LogP contribution is -2.32. The Bertz CT molecular complexity index is 715. The van der Waals surface area contributed by atoms with Crippen molar-refractivity contribution in [1.29, 1.82) is 0 Å². The Balaban J connectivity index is 1.51. The molecule has 2 heterocycles. The van der Waals surface area contributed by atoms with E-state index in [1.807, 2.05) is 0 Å². The summed E-state index contributed by atoms with van der Waals surface area (Å²) in [6, 6.07) is 4.98. The minimum atomic E-state index is -0.729. The smallest absolute Gasteiger partial charge is 0.355 e. The van der Waals surface area contributed by atoms with Crippen molar-refractivity contribution in [2.24, 2.45) is 5.10 Å². The van der Waals surface area contributed by atoms with Crippen LogP contribution in [0, 0.1) is 0 Å². The summed E-state index contributed by atoms with van der Waals surface area (Å²) >= 11 is 0. The zero-order chi connectivity index (χ0) is 16.9. The van der Waals surface area contributed by atoms with Gasteiger partial charge in [0, 0.05) is 24.6 Å². The van der Waals surface area contributed by atoms with E-state index >= 15 is 0 Å². The van der Waals surface area contributed by atoms with E-state index in [-0.39, 0.29) is 24.5 Å². The summed E-state index contributed by atoms with van der Waals surface area (Å²) in [4.78, 5) is 34.5. The molecule has 24 heavy (non-hydrogen) atoms. The number of hydrogen-bond donors (Lipinski definition) is 2. The number of nitrogens with one attached hydrogen (secondary N) is 2. The number of hydrazone groups is 1. The monoisotopic (exact) mass is 333 g/mol. The van der Waals surface area contributed by atoms with Crippen LogP contribution >= 0.6 is 0 Å². The Morgan fingerprint density at radius 3 is 2.75 bits per heavy atom. The molecule has 0 unspecified atom stereocenters. The zero-order valence-corrected chi connectivity index (χ0v) is 12.7. The van der Waals surface area contributed by atoms with Crippen LogP contribution in [0.5, 0.6) is 11.5 Å². The fourth-order valence-corrected chi connectivity index (χ4v) is 2.15. The van der Waals surface area contributed by atoms with Crippen LogP contribution in [0.25, 0.3) is 0 Å². The lowest BCUT2D eigenvalue weighted by Gasteiger charge is -2.19. The number of anilines is 1. The van der Waals surface area contributed by atoms with Gasteiger partial charge in [-0.15, -0.1) is 0 Å². The van der Waals surface area contributed by atoms with Crippen LogP contribution in [0.2, 0.25) is 0 Å². The van der Waals surface area contributed by atoms with Crippen molar-refractivity contribution in [3.8, 4) is 11.5 Å². The number of hydrogen-bond acceptors (Lipinski definition) is 7. The first-order valence-electron chi connectivity index (χ1n) is 7.34. The molecule has 0 aliphatic carbocycles. The maximum absolute atomic E-state index is 11.8. The van der Waals surface area contributed by atoms with Crippen LogP contribution in [-0.4, -0.2) is 43.3 Å². The molecule has 0 radical (unpaired) electrons. The van der Waals surface area contributed by atoms with Gasteiger partial charge in [-0.05, 0) is 12.1 Å². The molecule has 2 N–H and O–H groups in total. The number of rotatable bonds is 4. The quantitative estimate of drug-likeness (QED) is 0.761. The molecule has 126 valence electrons. The number of nitrogens with zero attached hydrogens (tertiary/aromatic N) is 1. The minimum Gasteiger partial charge on any atom is -0.486 e. The van der Waals surface area contributed by atoms with Gasteiger partial charge in [-0.3, -0.25) is 9.59 Å². The van der Waals surface area contributed by atoms with Crippen LogP contribution in [0.15, 0.2) is 23.3 Å². The Morgan fingerprint density at radius 2 is 2.00 bits per heavy atom. The van der Waals surface area contributed by atoms with Gasteiger partial charge in [0.15, 0.2) is 18.1 Å². The maximum atomic E-state index is 11.8. The first-order valence-corrected chi connectivity index (χ1v) is 7.34. The van der Waals surface area contributed by atoms with Gasteiger partial charge in [-0.2, -0.15) is 5.10 Å². The molecule has 0 spiro atoms. The van der Waals surface area contributed by atoms with Crippen LogP contribution in [0.1, 0.15) is 12.8 Å². The maximum Gasteiger partial charge on any atom is 0.355 e. The van der Waals surface area contributed by atoms with Gasteiger partial charge < -0.3 is 19.5 Å². The summed E-state index contributed by atoms with van der Waals surface area (Å²) in [6.45, 7) is 0.472. The summed E-state index contributed by atoms with van der Waals surface area (Å²) in [6.07, 6.45) is 0.353. The van der Waals surface area contributed by atoms with Crippen molar-refractivity contribution in [3.63, 3.8) is 0 Å². The Morgan fingerprint density at radius 1 is 1.21 bits per heavy atom. The number of amides is 2. The zero-order valence-electron chi connectivity index (χ0n) is 12.7. The van der Waals surface area contributed by atoms with Gasteiger partial charge in [0.1, 0.15) is 18.9 Å². The third kappa shape index (κ3) is 3.80. The van der Waals surface area contributed by atoms with Crippen molar-refractivity contribution >= 4 is 29.2 Å². The Kier molecular flexibility index (Phi) is 4.59. The molecule has 2 aliphatic heterocycles. The Hall–Kier alpha value is -3.10. The van der Waals surface area contributed by atoms with E-state index in [1.54, 1.807) is 18.2 Å². The lowest BCUT2D eigenvalue weighted by atomic mass is 10.2. The topological polar surface area (TPSA) is 115 Å². The molecule has 0 saturated heterocycles. The summed E-state index contributed by atoms with van der Waals surface area (Å²) in [5, 5.41) is 6.20. The largest absolute Gasteiger partial charge is 0.486 e. The van der Waals surface area contributed by atoms with Crippen molar-refractivity contribution in [2.75, 3.05) is 25.1 Å². The summed E-state index contributed by atoms with van der Waals surface area (Å²) in [7, 11) is 0. The molecule has 2 aliphatic rings. The van der Waals surface area contributed by atoms with Crippen LogP contribution in [0.3, 0.4) is 0 Å². The third-order valence-electron chi connectivity index (χ3n) is 3.30. The van der Waals surface area contributed by atoms with E-state index in [4.69, 9.17) is 14.2 Å². The SMILES string of the molecule is O=C1CCC(C(=O)OCC(=O)Nc2ccc3c(c2)OCCO3)=NN1. The second-order valence-electron chi connectivity index (χ2n) is 5.08. The molecule has 1 aromatic carbocycles. The summed E-state index contributed by atoms with van der Waals surface area (Å²) in [5.41, 5.74) is 2.78. The molecular weight excluding hydrogens is 318 g/mol. The molecule has 9 heteroatoms. The van der Waals surface area contributed by atoms with Gasteiger partial charge in [0.05, 0.1) is 0 Å². The molecule has 1 aromatic rings. The molecule has 0 fully saturated rings. The van der Waals surface area contributed by atoms with E-state index in [0.717, 1.165) is 0 Å². The molecule has 0 bridgehead atoms. The van der Waals surface area contributed by atoms with Crippen molar-refractivity contribution in [3.05, 3.63) is 18.2 Å². The summed E-state index contributed by atoms with van der Waals surface area (Å²) in [5.74, 6) is -0.331. The fraction of sp³-hybridized carbons (Fsp3) is 0.333. The number of esters is 1. The van der Waals surface area contributed by atoms with Crippen LogP contribution < -0.4 is 20.2 Å². The predicted molar refractivity (Wildman–Crippen MR) is 81.8 cm³/mol. The molecule has 9 nitrogen and oxygen atoms in total. The van der Waals surface area contributed by atoms with Crippen LogP contribution in [-0.2, 0) is 19.1 Å². The predicted octanol–water partition coefficient (Wildman–Crippen LogP) is 0.205. The number of carbonyl (C=O) groups excluding carboxylic acids is 3. The number of ether oxygens (including phenoxy) is 3. The van der Waals surface area contributed by atoms with E-state index < -0.39 is 18.5 Å². The molecule has 0 atom stereocenters. The number of carbonyl (C=O) groups is 3. The molecule has 2 amide bonds. The van der Waals surface area contributed by atoms with Crippen molar-refractivity contribution in [2.45, 2.75) is 12.8 Å². The summed E-state index contributed by atoms with van der Waals surface area (Å²) < 4.78 is 15.7. The van der Waals surface area contributed by atoms with E-state index in [0.29, 0.717) is 30.4 Å². The van der Waals surface area contributed by atoms with Crippen molar-refractivity contribution < 1.29 is 28.6 Å². The normalized spacial score (nSPS) is 15.8. The first kappa shape index (κ1) is 15.8. The van der Waals surface area contributed by atoms with Crippen molar-refractivity contribution in [1.82, 2.24) is 5.43 Å². The standard InChI is InChI=1S/C15H15N3O6/c19-13-4-2-10(17-18-13)15(21)24-8-14(20)16-9-1-3-11-12(7-9)23-6-5-22-11/h1,3,7H,2,4-6,8H2,(H,16,20)(H,18,19). The van der Waals surface area contributed by atoms with Crippen LogP contribution in [0.4, 0.5) is 5.69 Å². The molecule has 0 saturated carbocycles. The Labute approximate surface area is 136 Å². The average Bonchev–Trinajstić information content (AvgIpc) is 2.60. The highest BCUT2D eigenvalue weighted by molar-refractivity contribution is 6.37. The average molecular weight is 333 g/mol. The van der Waals surface area contributed by atoms with E-state index in [2.05, 4.69) is 15.8 Å². The van der Waals surface area contributed by atoms with Gasteiger partial charge in [0.25, 0.3) is 5.91 Å². The number of benzene rings is 1. The molecule has 0 aromatic heterocycles. The van der Waals surface area contributed by atoms with Gasteiger partial charge >= 0.3 is 5.97 Å². The van der Waals surface area contributed by atoms with Gasteiger partial charge in [0.2, 0.25) is 5.91 Å². The van der Waals surface area contributed by atoms with Gasteiger partial charge in [-0.1, -0.05) is 0 Å². The number of fused-ring (bicyclic) bond motifs is 1. The highest BCUT2D eigenvalue weighted by Crippen LogP contribution is 2.32. The molecular formula is C15H15N3O6. The van der Waals surface area contributed by atoms with E-state index in [1.165, 1.54) is 0 Å². The minimum absolute atomic E-state index is 0.0849.